The zero-order chi connectivity index (χ0) is 10.4. The molecule has 0 atom stereocenters. The molecule has 1 aromatic heterocycles. The third-order valence-corrected chi connectivity index (χ3v) is 2.35. The highest BCUT2D eigenvalue weighted by atomic mass is 15.2. The highest BCUT2D eigenvalue weighted by Gasteiger charge is 2.05. The topological polar surface area (TPSA) is 29.9 Å². The van der Waals surface area contributed by atoms with Crippen LogP contribution in [0.15, 0.2) is 6.20 Å². The highest BCUT2D eigenvalue weighted by Crippen LogP contribution is 2.10. The summed E-state index contributed by atoms with van der Waals surface area (Å²) in [7, 11) is 3.99. The Morgan fingerprint density at radius 2 is 2.21 bits per heavy atom. The molecule has 0 aliphatic carbocycles. The third kappa shape index (κ3) is 3.14. The molecule has 0 unspecified atom stereocenters. The summed E-state index contributed by atoms with van der Waals surface area (Å²) in [5.41, 5.74) is 2.70. The van der Waals surface area contributed by atoms with Crippen LogP contribution in [0.2, 0.25) is 0 Å². The van der Waals surface area contributed by atoms with Gasteiger partial charge in [-0.05, 0) is 38.4 Å². The van der Waals surface area contributed by atoms with Gasteiger partial charge in [0.2, 0.25) is 0 Å². The molecule has 0 aliphatic rings. The maximum Gasteiger partial charge on any atom is 0.0656 e. The van der Waals surface area contributed by atoms with Gasteiger partial charge in [-0.1, -0.05) is 13.3 Å². The fourth-order valence-electron chi connectivity index (χ4n) is 1.70. The van der Waals surface area contributed by atoms with E-state index in [0.717, 1.165) is 19.4 Å². The van der Waals surface area contributed by atoms with E-state index < -0.39 is 0 Å². The van der Waals surface area contributed by atoms with Crippen LogP contribution in [0.4, 0.5) is 0 Å². The van der Waals surface area contributed by atoms with E-state index in [0.29, 0.717) is 0 Å². The second-order valence-corrected chi connectivity index (χ2v) is 3.73. The van der Waals surface area contributed by atoms with Crippen LogP contribution in [-0.2, 0) is 19.9 Å². The maximum atomic E-state index is 4.49. The van der Waals surface area contributed by atoms with E-state index in [2.05, 4.69) is 23.5 Å². The molecule has 0 fully saturated rings. The number of aromatic nitrogens is 2. The first kappa shape index (κ1) is 11.2. The molecule has 0 radical (unpaired) electrons. The summed E-state index contributed by atoms with van der Waals surface area (Å²) in [4.78, 5) is 0. The van der Waals surface area contributed by atoms with Gasteiger partial charge in [0.1, 0.15) is 0 Å². The lowest BCUT2D eigenvalue weighted by Gasteiger charge is -2.00. The fourth-order valence-corrected chi connectivity index (χ4v) is 1.70. The average Bonchev–Trinajstić information content (AvgIpc) is 2.48. The van der Waals surface area contributed by atoms with Crippen LogP contribution in [0.3, 0.4) is 0 Å². The molecule has 0 spiro atoms. The normalized spacial score (nSPS) is 10.8. The van der Waals surface area contributed by atoms with Crippen molar-refractivity contribution in [3.63, 3.8) is 0 Å². The Balaban J connectivity index is 2.54. The summed E-state index contributed by atoms with van der Waals surface area (Å²) in [5.74, 6) is 0. The molecular formula is C11H21N3. The summed E-state index contributed by atoms with van der Waals surface area (Å²) in [5, 5.41) is 7.65. The zero-order valence-corrected chi connectivity index (χ0v) is 9.51. The largest absolute Gasteiger partial charge is 0.320 e. The monoisotopic (exact) mass is 195 g/mol. The van der Waals surface area contributed by atoms with Crippen LogP contribution < -0.4 is 5.32 Å². The molecule has 1 rings (SSSR count). The lowest BCUT2D eigenvalue weighted by Crippen LogP contribution is -2.09. The van der Waals surface area contributed by atoms with Gasteiger partial charge in [0.05, 0.1) is 5.69 Å². The molecule has 1 heterocycles. The van der Waals surface area contributed by atoms with Crippen LogP contribution in [0.25, 0.3) is 0 Å². The third-order valence-electron chi connectivity index (χ3n) is 2.35. The van der Waals surface area contributed by atoms with Crippen molar-refractivity contribution in [2.75, 3.05) is 13.6 Å². The van der Waals surface area contributed by atoms with Crippen molar-refractivity contribution in [2.24, 2.45) is 7.05 Å². The van der Waals surface area contributed by atoms with Gasteiger partial charge in [-0.2, -0.15) is 5.10 Å². The van der Waals surface area contributed by atoms with Gasteiger partial charge in [-0.15, -0.1) is 0 Å². The van der Waals surface area contributed by atoms with E-state index in [1.54, 1.807) is 0 Å². The van der Waals surface area contributed by atoms with Gasteiger partial charge >= 0.3 is 0 Å². The molecule has 0 amide bonds. The summed E-state index contributed by atoms with van der Waals surface area (Å²) in [6.07, 6.45) is 6.77. The number of rotatable bonds is 6. The smallest absolute Gasteiger partial charge is 0.0656 e. The molecule has 1 aromatic rings. The van der Waals surface area contributed by atoms with E-state index in [-0.39, 0.29) is 0 Å². The number of nitrogens with zero attached hydrogens (tertiary/aromatic N) is 2. The predicted octanol–water partition coefficient (Wildman–Crippen LogP) is 1.52. The molecule has 0 aromatic carbocycles. The lowest BCUT2D eigenvalue weighted by atomic mass is 10.1. The molecule has 1 N–H and O–H groups in total. The average molecular weight is 195 g/mol. The number of nitrogens with one attached hydrogen (secondary N) is 1. The minimum absolute atomic E-state index is 1.07. The fraction of sp³-hybridized carbons (Fsp3) is 0.727. The van der Waals surface area contributed by atoms with Crippen molar-refractivity contribution < 1.29 is 0 Å². The predicted molar refractivity (Wildman–Crippen MR) is 59.5 cm³/mol. The van der Waals surface area contributed by atoms with Gasteiger partial charge in [0, 0.05) is 13.2 Å². The van der Waals surface area contributed by atoms with E-state index in [1.165, 1.54) is 24.1 Å². The summed E-state index contributed by atoms with van der Waals surface area (Å²) < 4.78 is 1.93. The molecule has 0 bridgehead atoms. The van der Waals surface area contributed by atoms with E-state index in [9.17, 15) is 0 Å². The summed E-state index contributed by atoms with van der Waals surface area (Å²) in [6.45, 7) is 3.28. The van der Waals surface area contributed by atoms with Gasteiger partial charge in [-0.3, -0.25) is 4.68 Å². The molecule has 0 saturated heterocycles. The Labute approximate surface area is 86.5 Å². The minimum atomic E-state index is 1.07. The summed E-state index contributed by atoms with van der Waals surface area (Å²) in [6, 6.07) is 0. The molecule has 3 heteroatoms. The highest BCUT2D eigenvalue weighted by molar-refractivity contribution is 5.17. The number of hydrogen-bond donors (Lipinski definition) is 1. The Kier molecular flexibility index (Phi) is 4.66. The van der Waals surface area contributed by atoms with Crippen molar-refractivity contribution in [2.45, 2.75) is 32.6 Å². The van der Waals surface area contributed by atoms with E-state index in [4.69, 9.17) is 0 Å². The first-order chi connectivity index (χ1) is 6.77. The second kappa shape index (κ2) is 5.81. The molecule has 0 aliphatic heterocycles. The lowest BCUT2D eigenvalue weighted by molar-refractivity contribution is 0.687. The first-order valence-corrected chi connectivity index (χ1v) is 5.44. The Morgan fingerprint density at radius 3 is 2.86 bits per heavy atom. The van der Waals surface area contributed by atoms with Crippen molar-refractivity contribution in [1.82, 2.24) is 15.1 Å². The van der Waals surface area contributed by atoms with Gasteiger partial charge in [0.25, 0.3) is 0 Å². The van der Waals surface area contributed by atoms with Crippen LogP contribution in [0.1, 0.15) is 31.0 Å². The standard InChI is InChI=1S/C11H21N3/c1-4-6-10-9-14(3)13-11(10)7-5-8-12-2/h9,12H,4-8H2,1-3H3. The maximum absolute atomic E-state index is 4.49. The molecular weight excluding hydrogens is 174 g/mol. The number of hydrogen-bond acceptors (Lipinski definition) is 2. The van der Waals surface area contributed by atoms with Crippen molar-refractivity contribution in [1.29, 1.82) is 0 Å². The van der Waals surface area contributed by atoms with Crippen LogP contribution in [0.5, 0.6) is 0 Å². The SMILES string of the molecule is CCCc1cn(C)nc1CCCNC. The summed E-state index contributed by atoms with van der Waals surface area (Å²) >= 11 is 0. The molecule has 3 nitrogen and oxygen atoms in total. The van der Waals surface area contributed by atoms with Crippen molar-refractivity contribution in [3.8, 4) is 0 Å². The minimum Gasteiger partial charge on any atom is -0.320 e. The quantitative estimate of drug-likeness (QED) is 0.698. The van der Waals surface area contributed by atoms with Crippen LogP contribution >= 0.6 is 0 Å². The second-order valence-electron chi connectivity index (χ2n) is 3.73. The Bertz CT molecular complexity index is 265. The Hall–Kier alpha value is -0.830. The van der Waals surface area contributed by atoms with Gasteiger partial charge in [-0.25, -0.2) is 0 Å². The Morgan fingerprint density at radius 1 is 1.43 bits per heavy atom. The van der Waals surface area contributed by atoms with Crippen LogP contribution in [0, 0.1) is 0 Å². The number of aryl methyl sites for hydroxylation is 3. The van der Waals surface area contributed by atoms with Gasteiger partial charge < -0.3 is 5.32 Å². The molecule has 80 valence electrons. The van der Waals surface area contributed by atoms with Crippen molar-refractivity contribution >= 4 is 0 Å². The molecule has 14 heavy (non-hydrogen) atoms. The molecule has 0 saturated carbocycles. The van der Waals surface area contributed by atoms with Crippen molar-refractivity contribution in [3.05, 3.63) is 17.5 Å². The zero-order valence-electron chi connectivity index (χ0n) is 9.51. The van der Waals surface area contributed by atoms with Crippen LogP contribution in [-0.4, -0.2) is 23.4 Å². The van der Waals surface area contributed by atoms with E-state index >= 15 is 0 Å². The first-order valence-electron chi connectivity index (χ1n) is 5.44. The van der Waals surface area contributed by atoms with E-state index in [1.807, 2.05) is 18.8 Å². The van der Waals surface area contributed by atoms with Gasteiger partial charge in [0.15, 0.2) is 0 Å².